The van der Waals surface area contributed by atoms with E-state index in [9.17, 15) is 59.1 Å². The number of hydrogen-bond donors (Lipinski definition) is 0. The van der Waals surface area contributed by atoms with Crippen molar-refractivity contribution < 1.29 is 86.2 Å². The number of nitro benzene ring substituents is 3. The van der Waals surface area contributed by atoms with E-state index in [4.69, 9.17) is 42.6 Å². The summed E-state index contributed by atoms with van der Waals surface area (Å²) in [6.07, 6.45) is 0.221. The predicted molar refractivity (Wildman–Crippen MR) is 399 cm³/mol. The Bertz CT molecular complexity index is 3870. The number of nitro groups is 3. The second-order valence-electron chi connectivity index (χ2n) is 18.1. The Labute approximate surface area is 638 Å². The molecule has 0 heterocycles. The summed E-state index contributed by atoms with van der Waals surface area (Å²) in [6, 6.07) is 25.9. The number of ether oxygens (including phenoxy) is 9. The van der Waals surface area contributed by atoms with Gasteiger partial charge in [-0.15, -0.1) is 0 Å². The molecular weight excluding hydrogens is 2220 g/mol. The van der Waals surface area contributed by atoms with E-state index in [1.165, 1.54) is 48.5 Å². The smallest absolute Gasteiger partial charge is 0.339 e. The third-order valence-corrected chi connectivity index (χ3v) is 24.3. The maximum Gasteiger partial charge on any atom is 0.339 e. The van der Waals surface area contributed by atoms with E-state index in [0.29, 0.717) is 43.4 Å². The average Bonchev–Trinajstić information content (AvgIpc) is 0.953. The van der Waals surface area contributed by atoms with Gasteiger partial charge in [-0.3, -0.25) is 30.3 Å². The van der Waals surface area contributed by atoms with Crippen molar-refractivity contribution in [2.24, 2.45) is 0 Å². The second kappa shape index (κ2) is 35.3. The van der Waals surface area contributed by atoms with Crippen LogP contribution in [0, 0.1) is 62.5 Å². The summed E-state index contributed by atoms with van der Waals surface area (Å²) in [7, 11) is 0. The van der Waals surface area contributed by atoms with Gasteiger partial charge in [-0.25, -0.2) is 28.8 Å². The van der Waals surface area contributed by atoms with Crippen LogP contribution in [0.25, 0.3) is 0 Å². The lowest BCUT2D eigenvalue weighted by Gasteiger charge is -2.16. The Kier molecular flexibility index (Phi) is 28.7. The van der Waals surface area contributed by atoms with E-state index in [1.807, 2.05) is 203 Å². The quantitative estimate of drug-likeness (QED) is 0.00836. The third-order valence-electron chi connectivity index (χ3n) is 12.2. The second-order valence-corrected chi connectivity index (χ2v) is 28.0. The van der Waals surface area contributed by atoms with Crippen LogP contribution in [0.1, 0.15) is 78.8 Å². The van der Waals surface area contributed by atoms with E-state index in [0.717, 1.165) is 18.2 Å². The molecule has 0 unspecified atom stereocenters. The molecule has 0 aromatic heterocycles. The van der Waals surface area contributed by atoms with Gasteiger partial charge in [-0.05, 0) is 257 Å². The van der Waals surface area contributed by atoms with Gasteiger partial charge in [0.2, 0.25) is 0 Å². The summed E-state index contributed by atoms with van der Waals surface area (Å²) < 4.78 is 56.1. The number of nitrogens with zero attached hydrogens (tertiary/aromatic N) is 3. The normalized spacial score (nSPS) is 10.8. The van der Waals surface area contributed by atoms with Crippen molar-refractivity contribution in [2.75, 3.05) is 46.2 Å². The summed E-state index contributed by atoms with van der Waals surface area (Å²) in [6.45, 7) is -2.66. The third kappa shape index (κ3) is 20.0. The molecule has 0 aliphatic carbocycles. The molecule has 0 N–H and O–H groups in total. The highest BCUT2D eigenvalue weighted by Crippen LogP contribution is 2.38. The van der Waals surface area contributed by atoms with Crippen molar-refractivity contribution in [3.8, 4) is 17.2 Å². The lowest BCUT2D eigenvalue weighted by Crippen LogP contribution is -2.18. The first-order chi connectivity index (χ1) is 43.4. The van der Waals surface area contributed by atoms with Crippen LogP contribution in [-0.4, -0.2) is 96.8 Å². The van der Waals surface area contributed by atoms with Crippen molar-refractivity contribution >= 4 is 256 Å². The molecule has 474 valence electrons. The van der Waals surface area contributed by atoms with Crippen LogP contribution in [0.2, 0.25) is 0 Å². The molecule has 7 aromatic carbocycles. The molecule has 7 aromatic rings. The predicted octanol–water partition coefficient (Wildman–Crippen LogP) is 14.7. The van der Waals surface area contributed by atoms with Crippen molar-refractivity contribution in [3.05, 3.63) is 222 Å². The number of benzene rings is 7. The number of carbonyl (C=O) groups excluding carboxylic acids is 6. The molecule has 0 atom stereocenters. The van der Waals surface area contributed by atoms with E-state index < -0.39 is 50.6 Å². The molecule has 0 saturated heterocycles. The van der Waals surface area contributed by atoms with Crippen molar-refractivity contribution in [1.29, 1.82) is 0 Å². The summed E-state index contributed by atoms with van der Waals surface area (Å²) in [5, 5.41) is 34.3. The molecule has 0 spiro atoms. The van der Waals surface area contributed by atoms with Crippen LogP contribution < -0.4 is 14.2 Å². The van der Waals surface area contributed by atoms with Gasteiger partial charge in [0.15, 0.2) is 0 Å². The fraction of sp³-hybridized carbons (Fsp3) is 0.172. The zero-order chi connectivity index (χ0) is 66.2. The zero-order valence-corrected chi connectivity index (χ0v) is 65.2. The molecular formula is C58H38I9N3O21. The average molecular weight is 2260 g/mol. The van der Waals surface area contributed by atoms with Gasteiger partial charge in [0.05, 0.1) is 87.3 Å². The van der Waals surface area contributed by atoms with Crippen LogP contribution in [0.5, 0.6) is 17.2 Å². The maximum absolute atomic E-state index is 13.8. The molecule has 0 radical (unpaired) electrons. The Morgan fingerprint density at radius 1 is 0.352 bits per heavy atom. The highest BCUT2D eigenvalue weighted by Gasteiger charge is 2.27. The number of para-hydroxylation sites is 2. The van der Waals surface area contributed by atoms with Gasteiger partial charge in [-0.1, -0.05) is 36.4 Å². The summed E-state index contributed by atoms with van der Waals surface area (Å²) >= 11 is 17.9. The van der Waals surface area contributed by atoms with Gasteiger partial charge < -0.3 is 42.6 Å². The highest BCUT2D eigenvalue weighted by atomic mass is 127. The molecule has 0 bridgehead atoms. The monoisotopic (exact) mass is 2250 g/mol. The van der Waals surface area contributed by atoms with E-state index >= 15 is 0 Å². The van der Waals surface area contributed by atoms with Crippen LogP contribution in [0.4, 0.5) is 17.1 Å². The summed E-state index contributed by atoms with van der Waals surface area (Å²) in [4.78, 5) is 114. The molecule has 91 heavy (non-hydrogen) atoms. The fourth-order valence-electron chi connectivity index (χ4n) is 7.86. The summed E-state index contributed by atoms with van der Waals surface area (Å²) in [5.74, 6) is -4.38. The molecule has 0 aliphatic rings. The van der Waals surface area contributed by atoms with Gasteiger partial charge >= 0.3 is 35.8 Å². The largest absolute Gasteiger partial charge is 0.488 e. The number of hydrogen-bond acceptors (Lipinski definition) is 21. The van der Waals surface area contributed by atoms with Crippen LogP contribution >= 0.6 is 203 Å². The number of rotatable bonds is 28. The SMILES string of the molecule is O=C(OCCOc1c(I)c(I)cc(C(=O)OCCc2cccc([N+](=O)[O-])c2)c1I)c1cc(C(=O)OCCOc2c(I)c(I)cc(C(=O)OCc3ccccc3[N+](=O)[O-])c2I)cc(C(=O)OCCOc2c(I)c(I)cc(C(=O)OCc3ccccc3[N+](=O)[O-])c2I)c1. The van der Waals surface area contributed by atoms with Gasteiger partial charge in [0.25, 0.3) is 17.1 Å². The van der Waals surface area contributed by atoms with Crippen molar-refractivity contribution in [2.45, 2.75) is 19.6 Å². The first-order valence-corrected chi connectivity index (χ1v) is 35.3. The van der Waals surface area contributed by atoms with Gasteiger partial charge in [-0.2, -0.15) is 0 Å². The standard InChI is InChI=1S/C58H38I9N3O21/c59-39-24-36(56(74)86-13-12-29-6-5-9-35(20-29)68(77)78)44(62)50(47(39)65)83-14-17-87-53(71)32-21-33(54(72)88-18-15-84-51-45(63)37(25-40(60)48(51)66)57(75)90-27-30-7-1-3-10-42(30)69(79)80)23-34(22-32)55(73)89-19-16-85-52-46(64)38(26-41(61)49(52)67)58(76)91-28-31-8-2-4-11-43(31)70(81)82/h1-11,20-26H,12-19,27-28H2. The molecule has 33 heteroatoms. The lowest BCUT2D eigenvalue weighted by molar-refractivity contribution is -0.386. The number of carbonyl (C=O) groups is 6. The summed E-state index contributed by atoms with van der Waals surface area (Å²) in [5.41, 5.74) is 0.0638. The van der Waals surface area contributed by atoms with E-state index in [2.05, 4.69) is 0 Å². The maximum atomic E-state index is 13.8. The van der Waals surface area contributed by atoms with Gasteiger partial charge in [0.1, 0.15) is 70.1 Å². The first kappa shape index (κ1) is 73.9. The zero-order valence-electron chi connectivity index (χ0n) is 45.8. The van der Waals surface area contributed by atoms with Crippen LogP contribution in [-0.2, 0) is 48.1 Å². The Balaban J connectivity index is 1.03. The minimum Gasteiger partial charge on any atom is -0.488 e. The molecule has 0 saturated carbocycles. The van der Waals surface area contributed by atoms with Crippen LogP contribution in [0.15, 0.2) is 109 Å². The van der Waals surface area contributed by atoms with Crippen molar-refractivity contribution in [3.63, 3.8) is 0 Å². The molecule has 0 amide bonds. The minimum absolute atomic E-state index is 0.0673. The Morgan fingerprint density at radius 3 is 1.04 bits per heavy atom. The lowest BCUT2D eigenvalue weighted by atomic mass is 10.1. The first-order valence-electron chi connectivity index (χ1n) is 25.6. The number of halogens is 9. The topological polar surface area (TPSA) is 315 Å². The van der Waals surface area contributed by atoms with Crippen LogP contribution in [0.3, 0.4) is 0 Å². The molecule has 24 nitrogen and oxygen atoms in total. The molecule has 0 fully saturated rings. The molecule has 7 rings (SSSR count). The minimum atomic E-state index is -0.995. The highest BCUT2D eigenvalue weighted by molar-refractivity contribution is 14.1. The number of esters is 6. The van der Waals surface area contributed by atoms with E-state index in [-0.39, 0.29) is 139 Å². The number of non-ortho nitro benzene ring substituents is 1. The fourth-order valence-corrected chi connectivity index (χ4v) is 15.2. The Morgan fingerprint density at radius 2 is 0.692 bits per heavy atom. The molecule has 0 aliphatic heterocycles. The van der Waals surface area contributed by atoms with Crippen molar-refractivity contribution in [1.82, 2.24) is 0 Å². The van der Waals surface area contributed by atoms with Gasteiger partial charge in [0, 0.05) is 41.4 Å². The Hall–Kier alpha value is -4.47. The van der Waals surface area contributed by atoms with E-state index in [1.54, 1.807) is 42.5 Å².